The fraction of sp³-hybridized carbons (Fsp3) is 0.867. The zero-order chi connectivity index (χ0) is 14.9. The summed E-state index contributed by atoms with van der Waals surface area (Å²) in [5.41, 5.74) is 0. The first-order valence-electron chi connectivity index (χ1n) is 7.93. The van der Waals surface area contributed by atoms with E-state index in [1.807, 2.05) is 9.80 Å². The van der Waals surface area contributed by atoms with Crippen LogP contribution in [-0.4, -0.2) is 66.3 Å². The van der Waals surface area contributed by atoms with Crippen LogP contribution in [0.3, 0.4) is 0 Å². The Balaban J connectivity index is 1.44. The number of likely N-dealkylation sites (tertiary alicyclic amines) is 1. The summed E-state index contributed by atoms with van der Waals surface area (Å²) in [6.07, 6.45) is 4.07. The lowest BCUT2D eigenvalue weighted by Crippen LogP contribution is -2.48. The molecule has 3 aliphatic rings. The van der Waals surface area contributed by atoms with Gasteiger partial charge in [0.1, 0.15) is 0 Å². The van der Waals surface area contributed by atoms with Crippen LogP contribution in [0.25, 0.3) is 0 Å². The number of piperidine rings is 1. The fourth-order valence-corrected chi connectivity index (χ4v) is 3.24. The molecule has 2 aliphatic heterocycles. The van der Waals surface area contributed by atoms with Crippen LogP contribution in [0.1, 0.15) is 39.0 Å². The summed E-state index contributed by atoms with van der Waals surface area (Å²) < 4.78 is 11.3. The summed E-state index contributed by atoms with van der Waals surface area (Å²) in [6.45, 7) is 4.81. The molecule has 0 N–H and O–H groups in total. The van der Waals surface area contributed by atoms with Crippen LogP contribution in [0.2, 0.25) is 0 Å². The summed E-state index contributed by atoms with van der Waals surface area (Å²) >= 11 is 0. The summed E-state index contributed by atoms with van der Waals surface area (Å²) in [5, 5.41) is 0. The lowest BCUT2D eigenvalue weighted by Gasteiger charge is -2.37. The van der Waals surface area contributed by atoms with Gasteiger partial charge in [0.15, 0.2) is 5.79 Å². The molecule has 118 valence electrons. The third-order valence-corrected chi connectivity index (χ3v) is 4.65. The molecule has 3 rings (SSSR count). The molecule has 2 heterocycles. The Morgan fingerprint density at radius 3 is 2.33 bits per heavy atom. The number of carbonyl (C=O) groups is 2. The number of hydrogen-bond acceptors (Lipinski definition) is 4. The molecule has 2 amide bonds. The molecule has 1 aliphatic carbocycles. The lowest BCUT2D eigenvalue weighted by molar-refractivity contribution is -0.187. The van der Waals surface area contributed by atoms with E-state index in [-0.39, 0.29) is 11.8 Å². The van der Waals surface area contributed by atoms with E-state index in [1.165, 1.54) is 0 Å². The molecule has 0 atom stereocenters. The molecular weight excluding hydrogens is 272 g/mol. The van der Waals surface area contributed by atoms with Crippen LogP contribution in [0, 0.1) is 0 Å². The smallest absolute Gasteiger partial charge is 0.224 e. The minimum atomic E-state index is -0.434. The number of amides is 2. The lowest BCUT2D eigenvalue weighted by atomic mass is 10.0. The maximum absolute atomic E-state index is 12.3. The molecule has 0 aromatic rings. The van der Waals surface area contributed by atoms with Gasteiger partial charge in [-0.2, -0.15) is 0 Å². The van der Waals surface area contributed by atoms with Crippen molar-refractivity contribution < 1.29 is 19.1 Å². The molecule has 6 nitrogen and oxygen atoms in total. The zero-order valence-corrected chi connectivity index (χ0v) is 12.7. The first-order chi connectivity index (χ1) is 10.1. The van der Waals surface area contributed by atoms with Crippen molar-refractivity contribution >= 4 is 11.8 Å². The third-order valence-electron chi connectivity index (χ3n) is 4.65. The van der Waals surface area contributed by atoms with Crippen molar-refractivity contribution in [1.82, 2.24) is 9.80 Å². The van der Waals surface area contributed by atoms with E-state index in [1.54, 1.807) is 6.92 Å². The quantitative estimate of drug-likeness (QED) is 0.768. The topological polar surface area (TPSA) is 59.1 Å². The molecule has 0 bridgehead atoms. The van der Waals surface area contributed by atoms with E-state index in [9.17, 15) is 9.59 Å². The normalized spacial score (nSPS) is 24.3. The van der Waals surface area contributed by atoms with Crippen LogP contribution in [0.15, 0.2) is 0 Å². The minimum absolute atomic E-state index is 0.0793. The van der Waals surface area contributed by atoms with Gasteiger partial charge < -0.3 is 19.3 Å². The maximum Gasteiger partial charge on any atom is 0.224 e. The first-order valence-corrected chi connectivity index (χ1v) is 7.93. The van der Waals surface area contributed by atoms with Crippen LogP contribution < -0.4 is 0 Å². The van der Waals surface area contributed by atoms with Crippen LogP contribution in [0.4, 0.5) is 0 Å². The average Bonchev–Trinajstić information content (AvgIpc) is 3.20. The second kappa shape index (κ2) is 5.93. The summed E-state index contributed by atoms with van der Waals surface area (Å²) in [6, 6.07) is 0.375. The van der Waals surface area contributed by atoms with E-state index in [0.717, 1.165) is 25.7 Å². The molecule has 1 spiro atoms. The molecule has 6 heteroatoms. The second-order valence-corrected chi connectivity index (χ2v) is 6.18. The molecule has 0 radical (unpaired) electrons. The summed E-state index contributed by atoms with van der Waals surface area (Å²) in [7, 11) is 0. The maximum atomic E-state index is 12.3. The highest BCUT2D eigenvalue weighted by Gasteiger charge is 2.40. The average molecular weight is 296 g/mol. The van der Waals surface area contributed by atoms with Crippen molar-refractivity contribution in [2.45, 2.75) is 50.9 Å². The van der Waals surface area contributed by atoms with Gasteiger partial charge >= 0.3 is 0 Å². The number of carbonyl (C=O) groups excluding carboxylic acids is 2. The highest BCUT2D eigenvalue weighted by Crippen LogP contribution is 2.31. The molecular formula is C15H24N2O4. The largest absolute Gasteiger partial charge is 0.347 e. The van der Waals surface area contributed by atoms with Crippen LogP contribution in [-0.2, 0) is 19.1 Å². The predicted molar refractivity (Wildman–Crippen MR) is 75.5 cm³/mol. The summed E-state index contributed by atoms with van der Waals surface area (Å²) in [4.78, 5) is 27.5. The minimum Gasteiger partial charge on any atom is -0.347 e. The molecule has 0 aromatic carbocycles. The van der Waals surface area contributed by atoms with E-state index in [0.29, 0.717) is 45.3 Å². The Hall–Kier alpha value is -1.14. The standard InChI is InChI=1S/C15H24N2O4/c1-12(18)17(13-2-3-13)7-4-14(19)16-8-5-15(6-9-16)20-10-11-21-15/h13H,2-11H2,1H3. The molecule has 3 fully saturated rings. The highest BCUT2D eigenvalue weighted by molar-refractivity contribution is 5.78. The van der Waals surface area contributed by atoms with Crippen molar-refractivity contribution in [3.63, 3.8) is 0 Å². The Kier molecular flexibility index (Phi) is 4.17. The SMILES string of the molecule is CC(=O)N(CCC(=O)N1CCC2(CC1)OCCO2)C1CC1. The molecule has 0 unspecified atom stereocenters. The van der Waals surface area contributed by atoms with Gasteiger partial charge in [0.2, 0.25) is 11.8 Å². The number of rotatable bonds is 4. The first kappa shape index (κ1) is 14.8. The van der Waals surface area contributed by atoms with Crippen molar-refractivity contribution in [3.05, 3.63) is 0 Å². The van der Waals surface area contributed by atoms with Gasteiger partial charge in [-0.15, -0.1) is 0 Å². The Morgan fingerprint density at radius 2 is 1.81 bits per heavy atom. The van der Waals surface area contributed by atoms with Crippen LogP contribution >= 0.6 is 0 Å². The van der Waals surface area contributed by atoms with Crippen molar-refractivity contribution in [2.75, 3.05) is 32.8 Å². The Morgan fingerprint density at radius 1 is 1.19 bits per heavy atom. The zero-order valence-electron chi connectivity index (χ0n) is 12.7. The number of hydrogen-bond donors (Lipinski definition) is 0. The Labute approximate surface area is 125 Å². The fourth-order valence-electron chi connectivity index (χ4n) is 3.24. The molecule has 2 saturated heterocycles. The Bertz CT molecular complexity index is 406. The third kappa shape index (κ3) is 3.37. The predicted octanol–water partition coefficient (Wildman–Crippen LogP) is 0.753. The van der Waals surface area contributed by atoms with Gasteiger partial charge in [-0.3, -0.25) is 9.59 Å². The van der Waals surface area contributed by atoms with Gasteiger partial charge in [-0.05, 0) is 12.8 Å². The molecule has 21 heavy (non-hydrogen) atoms. The number of nitrogens with zero attached hydrogens (tertiary/aromatic N) is 2. The van der Waals surface area contributed by atoms with E-state index in [4.69, 9.17) is 9.47 Å². The number of ether oxygens (including phenoxy) is 2. The van der Waals surface area contributed by atoms with E-state index in [2.05, 4.69) is 0 Å². The van der Waals surface area contributed by atoms with Crippen molar-refractivity contribution in [1.29, 1.82) is 0 Å². The van der Waals surface area contributed by atoms with Gasteiger partial charge in [0.25, 0.3) is 0 Å². The highest BCUT2D eigenvalue weighted by atomic mass is 16.7. The van der Waals surface area contributed by atoms with Gasteiger partial charge in [0, 0.05) is 51.9 Å². The van der Waals surface area contributed by atoms with Crippen molar-refractivity contribution in [3.8, 4) is 0 Å². The van der Waals surface area contributed by atoms with E-state index >= 15 is 0 Å². The molecule has 1 saturated carbocycles. The monoisotopic (exact) mass is 296 g/mol. The van der Waals surface area contributed by atoms with E-state index < -0.39 is 5.79 Å². The van der Waals surface area contributed by atoms with Gasteiger partial charge in [0.05, 0.1) is 13.2 Å². The second-order valence-electron chi connectivity index (χ2n) is 6.18. The van der Waals surface area contributed by atoms with Gasteiger partial charge in [-0.25, -0.2) is 0 Å². The van der Waals surface area contributed by atoms with Crippen LogP contribution in [0.5, 0.6) is 0 Å². The molecule has 0 aromatic heterocycles. The van der Waals surface area contributed by atoms with Crippen molar-refractivity contribution in [2.24, 2.45) is 0 Å². The van der Waals surface area contributed by atoms with Gasteiger partial charge in [-0.1, -0.05) is 0 Å². The summed E-state index contributed by atoms with van der Waals surface area (Å²) in [5.74, 6) is -0.221.